The average molecular weight is 458 g/mol. The second-order valence-electron chi connectivity index (χ2n) is 6.44. The Kier molecular flexibility index (Phi) is 5.30. The zero-order valence-corrected chi connectivity index (χ0v) is 17.4. The molecule has 1 aliphatic heterocycles. The zero-order chi connectivity index (χ0) is 19.9. The maximum absolute atomic E-state index is 12.8. The number of halogens is 1. The molecule has 0 unspecified atom stereocenters. The molecule has 27 heavy (non-hydrogen) atoms. The van der Waals surface area contributed by atoms with E-state index in [4.69, 9.17) is 0 Å². The smallest absolute Gasteiger partial charge is 0.280 e. The molecule has 146 valence electrons. The van der Waals surface area contributed by atoms with Crippen molar-refractivity contribution in [3.63, 3.8) is 0 Å². The van der Waals surface area contributed by atoms with Gasteiger partial charge < -0.3 is 10.4 Å². The number of benzene rings is 1. The predicted molar refractivity (Wildman–Crippen MR) is 103 cm³/mol. The van der Waals surface area contributed by atoms with Gasteiger partial charge in [0, 0.05) is 30.3 Å². The molecule has 9 nitrogen and oxygen atoms in total. The van der Waals surface area contributed by atoms with Gasteiger partial charge in [-0.25, -0.2) is 0 Å². The van der Waals surface area contributed by atoms with Gasteiger partial charge in [0.2, 0.25) is 5.91 Å². The maximum Gasteiger partial charge on any atom is 0.280 e. The van der Waals surface area contributed by atoms with Gasteiger partial charge in [-0.15, -0.1) is 0 Å². The number of nitrogens with zero attached hydrogens (tertiary/aromatic N) is 3. The molecule has 1 aromatic heterocycles. The summed E-state index contributed by atoms with van der Waals surface area (Å²) < 4.78 is 30.9. The summed E-state index contributed by atoms with van der Waals surface area (Å²) in [6.45, 7) is 1.79. The number of carbonyl (C=O) groups excluding carboxylic acids is 1. The van der Waals surface area contributed by atoms with Crippen LogP contribution in [0, 0.1) is 6.92 Å². The number of amides is 1. The molecular formula is C16H20BrN5O4S. The fourth-order valence-electron chi connectivity index (χ4n) is 3.10. The Morgan fingerprint density at radius 2 is 2.11 bits per heavy atom. The highest BCUT2D eigenvalue weighted by Crippen LogP contribution is 2.31. The fraction of sp³-hybridized carbons (Fsp3) is 0.375. The van der Waals surface area contributed by atoms with Crippen molar-refractivity contribution in [2.24, 2.45) is 7.05 Å². The normalized spacial score (nSPS) is 22.5. The van der Waals surface area contributed by atoms with Gasteiger partial charge in [-0.05, 0) is 31.5 Å². The third-order valence-electron chi connectivity index (χ3n) is 4.51. The number of phenols is 1. The topological polar surface area (TPSA) is 117 Å². The van der Waals surface area contributed by atoms with Crippen LogP contribution >= 0.6 is 15.9 Å². The Morgan fingerprint density at radius 1 is 1.41 bits per heavy atom. The Morgan fingerprint density at radius 3 is 2.74 bits per heavy atom. The number of aryl methyl sites for hydroxylation is 2. The van der Waals surface area contributed by atoms with E-state index in [1.165, 1.54) is 13.1 Å². The number of carbonyl (C=O) groups is 1. The summed E-state index contributed by atoms with van der Waals surface area (Å²) in [5.74, 6) is -0.631. The Balaban J connectivity index is 1.89. The number of anilines is 1. The molecule has 3 N–H and O–H groups in total. The molecule has 0 spiro atoms. The van der Waals surface area contributed by atoms with E-state index in [1.807, 2.05) is 0 Å². The summed E-state index contributed by atoms with van der Waals surface area (Å²) in [6.07, 6.45) is 1.96. The molecular weight excluding hydrogens is 438 g/mol. The van der Waals surface area contributed by atoms with Crippen LogP contribution in [0.15, 0.2) is 28.9 Å². The van der Waals surface area contributed by atoms with Crippen molar-refractivity contribution in [1.82, 2.24) is 18.8 Å². The summed E-state index contributed by atoms with van der Waals surface area (Å²) in [7, 11) is -0.760. The quantitative estimate of drug-likeness (QED) is 0.602. The number of aromatic nitrogens is 2. The van der Waals surface area contributed by atoms with Crippen LogP contribution < -0.4 is 10.0 Å². The molecule has 11 heteroatoms. The van der Waals surface area contributed by atoms with E-state index >= 15 is 0 Å². The van der Waals surface area contributed by atoms with Crippen LogP contribution in [0.3, 0.4) is 0 Å². The van der Waals surface area contributed by atoms with Crippen LogP contribution in [0.4, 0.5) is 5.69 Å². The molecule has 0 aliphatic carbocycles. The average Bonchev–Trinajstić information content (AvgIpc) is 2.91. The number of likely N-dealkylation sites (N-methyl/N-ethyl adjacent to an activating group) is 1. The molecule has 1 saturated heterocycles. The van der Waals surface area contributed by atoms with E-state index in [1.54, 1.807) is 37.0 Å². The summed E-state index contributed by atoms with van der Waals surface area (Å²) in [6, 6.07) is 3.09. The SMILES string of the molecule is Cc1nn(C)cc1[C@@H]1C[C@H](C(=O)Nc2cc(Br)ccc2O)N(C)S(=O)(=O)N1. The number of nitrogens with one attached hydrogen (secondary N) is 2. The number of hydrogen-bond donors (Lipinski definition) is 3. The third-order valence-corrected chi connectivity index (χ3v) is 6.60. The number of hydrogen-bond acceptors (Lipinski definition) is 5. The lowest BCUT2D eigenvalue weighted by Crippen LogP contribution is -2.56. The number of aromatic hydroxyl groups is 1. The standard InChI is InChI=1S/C16H20BrN5O4S/c1-9-11(8-21(2)19-9)12-7-14(22(3)27(25,26)20-12)16(24)18-13-6-10(17)4-5-15(13)23/h4-6,8,12,14,20,23H,7H2,1-3H3,(H,18,24)/t12-,14+/m0/s1. The lowest BCUT2D eigenvalue weighted by atomic mass is 10.00. The first kappa shape index (κ1) is 19.8. The lowest BCUT2D eigenvalue weighted by molar-refractivity contribution is -0.120. The highest BCUT2D eigenvalue weighted by atomic mass is 79.9. The molecule has 1 fully saturated rings. The number of phenolic OH excluding ortho intramolecular Hbond substituents is 1. The van der Waals surface area contributed by atoms with E-state index in [9.17, 15) is 18.3 Å². The van der Waals surface area contributed by atoms with Crippen LogP contribution in [0.5, 0.6) is 5.75 Å². The minimum atomic E-state index is -3.86. The molecule has 1 aromatic carbocycles. The molecule has 2 atom stereocenters. The van der Waals surface area contributed by atoms with Gasteiger partial charge in [0.05, 0.1) is 17.4 Å². The van der Waals surface area contributed by atoms with Crippen molar-refractivity contribution < 1.29 is 18.3 Å². The molecule has 0 radical (unpaired) electrons. The molecule has 2 heterocycles. The van der Waals surface area contributed by atoms with E-state index < -0.39 is 28.2 Å². The van der Waals surface area contributed by atoms with Crippen LogP contribution in [-0.2, 0) is 22.1 Å². The Bertz CT molecular complexity index is 991. The van der Waals surface area contributed by atoms with E-state index in [0.29, 0.717) is 10.2 Å². The molecule has 3 rings (SSSR count). The van der Waals surface area contributed by atoms with Crippen molar-refractivity contribution in [2.75, 3.05) is 12.4 Å². The lowest BCUT2D eigenvalue weighted by Gasteiger charge is -2.36. The van der Waals surface area contributed by atoms with Crippen molar-refractivity contribution in [3.8, 4) is 5.75 Å². The van der Waals surface area contributed by atoms with Gasteiger partial charge in [-0.1, -0.05) is 15.9 Å². The van der Waals surface area contributed by atoms with Crippen molar-refractivity contribution in [1.29, 1.82) is 0 Å². The molecule has 0 bridgehead atoms. The third kappa shape index (κ3) is 4.00. The Labute approximate surface area is 165 Å². The van der Waals surface area contributed by atoms with Gasteiger partial charge >= 0.3 is 0 Å². The largest absolute Gasteiger partial charge is 0.506 e. The van der Waals surface area contributed by atoms with Crippen LogP contribution in [0.2, 0.25) is 0 Å². The summed E-state index contributed by atoms with van der Waals surface area (Å²) in [5.41, 5.74) is 1.61. The van der Waals surface area contributed by atoms with Crippen LogP contribution in [-0.4, -0.2) is 46.6 Å². The fourth-order valence-corrected chi connectivity index (χ4v) is 4.72. The van der Waals surface area contributed by atoms with Gasteiger partial charge in [-0.3, -0.25) is 9.48 Å². The minimum absolute atomic E-state index is 0.106. The van der Waals surface area contributed by atoms with Gasteiger partial charge in [0.1, 0.15) is 11.8 Å². The van der Waals surface area contributed by atoms with E-state index in [0.717, 1.165) is 9.87 Å². The second-order valence-corrected chi connectivity index (χ2v) is 9.11. The molecule has 1 amide bonds. The minimum Gasteiger partial charge on any atom is -0.506 e. The zero-order valence-electron chi connectivity index (χ0n) is 15.0. The predicted octanol–water partition coefficient (Wildman–Crippen LogP) is 1.41. The summed E-state index contributed by atoms with van der Waals surface area (Å²) >= 11 is 3.27. The molecule has 1 aliphatic rings. The van der Waals surface area contributed by atoms with Crippen LogP contribution in [0.25, 0.3) is 0 Å². The first-order chi connectivity index (χ1) is 12.6. The van der Waals surface area contributed by atoms with Crippen LogP contribution in [0.1, 0.15) is 23.7 Å². The number of rotatable bonds is 3. The van der Waals surface area contributed by atoms with Crippen molar-refractivity contribution >= 4 is 37.7 Å². The van der Waals surface area contributed by atoms with Crippen molar-refractivity contribution in [3.05, 3.63) is 40.1 Å². The Hall–Kier alpha value is -1.95. The first-order valence-corrected chi connectivity index (χ1v) is 10.4. The highest BCUT2D eigenvalue weighted by molar-refractivity contribution is 9.10. The van der Waals surface area contributed by atoms with Crippen molar-refractivity contribution in [2.45, 2.75) is 25.4 Å². The maximum atomic E-state index is 12.8. The van der Waals surface area contributed by atoms with E-state index in [2.05, 4.69) is 31.1 Å². The monoisotopic (exact) mass is 457 g/mol. The van der Waals surface area contributed by atoms with Gasteiger partial charge in [0.15, 0.2) is 0 Å². The summed E-state index contributed by atoms with van der Waals surface area (Å²) in [5, 5.41) is 16.8. The second kappa shape index (κ2) is 7.23. The van der Waals surface area contributed by atoms with Gasteiger partial charge in [0.25, 0.3) is 10.2 Å². The summed E-state index contributed by atoms with van der Waals surface area (Å²) in [4.78, 5) is 12.8. The molecule has 2 aromatic rings. The highest BCUT2D eigenvalue weighted by Gasteiger charge is 2.41. The van der Waals surface area contributed by atoms with E-state index in [-0.39, 0.29) is 17.9 Å². The molecule has 0 saturated carbocycles. The van der Waals surface area contributed by atoms with Gasteiger partial charge in [-0.2, -0.15) is 22.5 Å². The first-order valence-electron chi connectivity index (χ1n) is 8.13.